The summed E-state index contributed by atoms with van der Waals surface area (Å²) in [4.78, 5) is 8.46. The molecule has 0 unspecified atom stereocenters. The van der Waals surface area contributed by atoms with E-state index in [0.717, 1.165) is 23.8 Å². The van der Waals surface area contributed by atoms with E-state index in [-0.39, 0.29) is 0 Å². The maximum Gasteiger partial charge on any atom is 0.134 e. The summed E-state index contributed by atoms with van der Waals surface area (Å²) < 4.78 is 1.82. The summed E-state index contributed by atoms with van der Waals surface area (Å²) in [5.41, 5.74) is 1.08. The Bertz CT molecular complexity index is 508. The first-order chi connectivity index (χ1) is 8.19. The van der Waals surface area contributed by atoms with Gasteiger partial charge >= 0.3 is 0 Å². The second kappa shape index (κ2) is 5.14. The molecule has 0 saturated heterocycles. The third-order valence-electron chi connectivity index (χ3n) is 2.43. The minimum Gasteiger partial charge on any atom is -0.364 e. The van der Waals surface area contributed by atoms with Gasteiger partial charge in [0.2, 0.25) is 0 Å². The average molecular weight is 252 g/mol. The number of aryl methyl sites for hydroxylation is 2. The number of rotatable bonds is 4. The van der Waals surface area contributed by atoms with Gasteiger partial charge in [0.15, 0.2) is 0 Å². The molecule has 0 aromatic carbocycles. The molecular formula is C11H14ClN5. The molecule has 0 saturated carbocycles. The van der Waals surface area contributed by atoms with E-state index < -0.39 is 0 Å². The summed E-state index contributed by atoms with van der Waals surface area (Å²) in [6.07, 6.45) is 2.53. The molecule has 0 bridgehead atoms. The van der Waals surface area contributed by atoms with E-state index in [2.05, 4.69) is 20.4 Å². The molecule has 5 nitrogen and oxygen atoms in total. The van der Waals surface area contributed by atoms with Crippen molar-refractivity contribution in [1.82, 2.24) is 19.7 Å². The van der Waals surface area contributed by atoms with Crippen LogP contribution in [-0.4, -0.2) is 19.7 Å². The second-order valence-corrected chi connectivity index (χ2v) is 4.03. The van der Waals surface area contributed by atoms with Gasteiger partial charge in [0.25, 0.3) is 0 Å². The smallest absolute Gasteiger partial charge is 0.134 e. The molecule has 0 radical (unpaired) electrons. The molecule has 1 N–H and O–H groups in total. The fraction of sp³-hybridized carbons (Fsp3) is 0.364. The first kappa shape index (κ1) is 11.9. The molecule has 2 rings (SSSR count). The van der Waals surface area contributed by atoms with E-state index in [4.69, 9.17) is 11.6 Å². The van der Waals surface area contributed by atoms with Crippen molar-refractivity contribution in [3.8, 4) is 0 Å². The predicted molar refractivity (Wildman–Crippen MR) is 67.0 cm³/mol. The minimum absolute atomic E-state index is 0.462. The maximum absolute atomic E-state index is 5.91. The van der Waals surface area contributed by atoms with Crippen LogP contribution in [0, 0.1) is 0 Å². The van der Waals surface area contributed by atoms with Crippen molar-refractivity contribution in [3.05, 3.63) is 35.0 Å². The summed E-state index contributed by atoms with van der Waals surface area (Å²) in [7, 11) is 1.90. The zero-order chi connectivity index (χ0) is 12.3. The van der Waals surface area contributed by atoms with Gasteiger partial charge in [-0.05, 0) is 6.07 Å². The highest BCUT2D eigenvalue weighted by molar-refractivity contribution is 6.29. The molecule has 0 atom stereocenters. The van der Waals surface area contributed by atoms with Crippen molar-refractivity contribution in [1.29, 1.82) is 0 Å². The summed E-state index contributed by atoms with van der Waals surface area (Å²) in [5.74, 6) is 1.48. The first-order valence-corrected chi connectivity index (χ1v) is 5.81. The monoisotopic (exact) mass is 251 g/mol. The Labute approximate surface area is 105 Å². The summed E-state index contributed by atoms with van der Waals surface area (Å²) >= 11 is 5.91. The topological polar surface area (TPSA) is 55.6 Å². The maximum atomic E-state index is 5.91. The van der Waals surface area contributed by atoms with Crippen molar-refractivity contribution >= 4 is 17.4 Å². The number of halogens is 1. The average Bonchev–Trinajstić information content (AvgIpc) is 2.71. The highest BCUT2D eigenvalue weighted by atomic mass is 35.5. The van der Waals surface area contributed by atoms with Crippen LogP contribution in [0.25, 0.3) is 0 Å². The SMILES string of the molecule is CCc1nc(Cl)cc(NCc2ccnn2C)n1. The number of nitrogens with one attached hydrogen (secondary N) is 1. The molecule has 2 heterocycles. The van der Waals surface area contributed by atoms with Crippen LogP contribution in [0.2, 0.25) is 5.15 Å². The number of hydrogen-bond acceptors (Lipinski definition) is 4. The largest absolute Gasteiger partial charge is 0.364 e. The highest BCUT2D eigenvalue weighted by Crippen LogP contribution is 2.12. The van der Waals surface area contributed by atoms with Gasteiger partial charge in [-0.1, -0.05) is 18.5 Å². The van der Waals surface area contributed by atoms with Crippen LogP contribution < -0.4 is 5.32 Å². The molecular weight excluding hydrogens is 238 g/mol. The van der Waals surface area contributed by atoms with Crippen molar-refractivity contribution in [2.24, 2.45) is 7.05 Å². The second-order valence-electron chi connectivity index (χ2n) is 3.65. The fourth-order valence-corrected chi connectivity index (χ4v) is 1.67. The number of hydrogen-bond donors (Lipinski definition) is 1. The van der Waals surface area contributed by atoms with Gasteiger partial charge < -0.3 is 5.32 Å². The lowest BCUT2D eigenvalue weighted by Gasteiger charge is -2.07. The number of anilines is 1. The van der Waals surface area contributed by atoms with Gasteiger partial charge in [-0.15, -0.1) is 0 Å². The quantitative estimate of drug-likeness (QED) is 0.845. The van der Waals surface area contributed by atoms with Gasteiger partial charge in [-0.2, -0.15) is 5.10 Å². The van der Waals surface area contributed by atoms with Crippen molar-refractivity contribution in [2.75, 3.05) is 5.32 Å². The lowest BCUT2D eigenvalue weighted by Crippen LogP contribution is -2.07. The molecule has 0 aliphatic rings. The molecule has 6 heteroatoms. The van der Waals surface area contributed by atoms with Crippen molar-refractivity contribution in [3.63, 3.8) is 0 Å². The van der Waals surface area contributed by atoms with Gasteiger partial charge in [0, 0.05) is 25.7 Å². The Morgan fingerprint density at radius 2 is 2.24 bits per heavy atom. The van der Waals surface area contributed by atoms with Crippen LogP contribution in [0.1, 0.15) is 18.4 Å². The Morgan fingerprint density at radius 3 is 2.88 bits per heavy atom. The molecule has 90 valence electrons. The molecule has 17 heavy (non-hydrogen) atoms. The number of aromatic nitrogens is 4. The Morgan fingerprint density at radius 1 is 1.41 bits per heavy atom. The van der Waals surface area contributed by atoms with E-state index in [1.807, 2.05) is 24.7 Å². The summed E-state index contributed by atoms with van der Waals surface area (Å²) in [6.45, 7) is 2.66. The third-order valence-corrected chi connectivity index (χ3v) is 2.62. The fourth-order valence-electron chi connectivity index (χ4n) is 1.47. The molecule has 0 fully saturated rings. The summed E-state index contributed by atoms with van der Waals surface area (Å²) in [6, 6.07) is 3.67. The van der Waals surface area contributed by atoms with Gasteiger partial charge in [-0.25, -0.2) is 9.97 Å². The lowest BCUT2D eigenvalue weighted by atomic mass is 10.4. The molecule has 0 spiro atoms. The van der Waals surface area contributed by atoms with Crippen molar-refractivity contribution in [2.45, 2.75) is 19.9 Å². The van der Waals surface area contributed by atoms with Crippen LogP contribution in [0.3, 0.4) is 0 Å². The van der Waals surface area contributed by atoms with E-state index in [9.17, 15) is 0 Å². The van der Waals surface area contributed by atoms with Crippen LogP contribution in [0.5, 0.6) is 0 Å². The predicted octanol–water partition coefficient (Wildman–Crippen LogP) is 2.04. The van der Waals surface area contributed by atoms with E-state index in [1.165, 1.54) is 0 Å². The molecule has 0 aliphatic carbocycles. The van der Waals surface area contributed by atoms with E-state index in [0.29, 0.717) is 11.7 Å². The van der Waals surface area contributed by atoms with Gasteiger partial charge in [0.1, 0.15) is 16.8 Å². The minimum atomic E-state index is 0.462. The highest BCUT2D eigenvalue weighted by Gasteiger charge is 2.03. The van der Waals surface area contributed by atoms with Crippen LogP contribution in [-0.2, 0) is 20.0 Å². The van der Waals surface area contributed by atoms with Gasteiger partial charge in [-0.3, -0.25) is 4.68 Å². The van der Waals surface area contributed by atoms with E-state index in [1.54, 1.807) is 12.3 Å². The van der Waals surface area contributed by atoms with E-state index >= 15 is 0 Å². The van der Waals surface area contributed by atoms with Crippen LogP contribution in [0.15, 0.2) is 18.3 Å². The van der Waals surface area contributed by atoms with Crippen molar-refractivity contribution < 1.29 is 0 Å². The number of nitrogens with zero attached hydrogens (tertiary/aromatic N) is 4. The Kier molecular flexibility index (Phi) is 3.58. The summed E-state index contributed by atoms with van der Waals surface area (Å²) in [5, 5.41) is 7.77. The standard InChI is InChI=1S/C11H14ClN5/c1-3-10-15-9(12)6-11(16-10)13-7-8-4-5-14-17(8)2/h4-6H,3,7H2,1-2H3,(H,13,15,16). The van der Waals surface area contributed by atoms with Crippen LogP contribution in [0.4, 0.5) is 5.82 Å². The third kappa shape index (κ3) is 2.94. The molecule has 2 aromatic heterocycles. The normalized spacial score (nSPS) is 10.5. The van der Waals surface area contributed by atoms with Gasteiger partial charge in [0.05, 0.1) is 12.2 Å². The Hall–Kier alpha value is -1.62. The molecule has 2 aromatic rings. The molecule has 0 aliphatic heterocycles. The van der Waals surface area contributed by atoms with Crippen LogP contribution >= 0.6 is 11.6 Å². The molecule has 0 amide bonds. The zero-order valence-electron chi connectivity index (χ0n) is 9.81. The lowest BCUT2D eigenvalue weighted by molar-refractivity contribution is 0.719. The zero-order valence-corrected chi connectivity index (χ0v) is 10.6. The first-order valence-electron chi connectivity index (χ1n) is 5.43. The Balaban J connectivity index is 2.09.